The number of benzene rings is 2. The van der Waals surface area contributed by atoms with Gasteiger partial charge in [-0.3, -0.25) is 4.90 Å². The standard InChI is InChI=1S/C25H30N2O2/c1-18(2)27(16-15-22-19(3)26-24-8-6-5-7-23(22)24)17-21-11-9-20(10-12-21)13-14-25(28)29-4/h5-14,18,26H,15-17H2,1-4H3/b14-13+. The van der Waals surface area contributed by atoms with Gasteiger partial charge < -0.3 is 9.72 Å². The van der Waals surface area contributed by atoms with Crippen LogP contribution < -0.4 is 0 Å². The molecule has 0 spiro atoms. The summed E-state index contributed by atoms with van der Waals surface area (Å²) in [5.41, 5.74) is 6.15. The minimum Gasteiger partial charge on any atom is -0.466 e. The lowest BCUT2D eigenvalue weighted by molar-refractivity contribution is -0.134. The van der Waals surface area contributed by atoms with E-state index in [1.165, 1.54) is 40.9 Å². The quantitative estimate of drug-likeness (QED) is 0.429. The number of aromatic amines is 1. The molecule has 1 aromatic heterocycles. The highest BCUT2D eigenvalue weighted by Crippen LogP contribution is 2.23. The Morgan fingerprint density at radius 2 is 1.86 bits per heavy atom. The Balaban J connectivity index is 1.66. The fourth-order valence-corrected chi connectivity index (χ4v) is 3.63. The summed E-state index contributed by atoms with van der Waals surface area (Å²) in [6, 6.07) is 17.3. The minimum absolute atomic E-state index is 0.340. The third kappa shape index (κ3) is 5.36. The lowest BCUT2D eigenvalue weighted by Crippen LogP contribution is -2.32. The van der Waals surface area contributed by atoms with Gasteiger partial charge in [-0.05, 0) is 56.0 Å². The smallest absolute Gasteiger partial charge is 0.330 e. The fraction of sp³-hybridized carbons (Fsp3) is 0.320. The molecule has 0 saturated heterocycles. The average molecular weight is 391 g/mol. The summed E-state index contributed by atoms with van der Waals surface area (Å²) in [5.74, 6) is -0.340. The molecule has 0 aliphatic carbocycles. The highest BCUT2D eigenvalue weighted by Gasteiger charge is 2.13. The maximum atomic E-state index is 11.2. The lowest BCUT2D eigenvalue weighted by Gasteiger charge is -2.26. The molecule has 0 radical (unpaired) electrons. The number of carbonyl (C=O) groups is 1. The zero-order valence-corrected chi connectivity index (χ0v) is 17.7. The molecule has 29 heavy (non-hydrogen) atoms. The second-order valence-corrected chi connectivity index (χ2v) is 7.69. The Morgan fingerprint density at radius 1 is 1.14 bits per heavy atom. The normalized spacial score (nSPS) is 11.8. The van der Waals surface area contributed by atoms with Crippen LogP contribution in [0.25, 0.3) is 17.0 Å². The molecule has 0 fully saturated rings. The molecule has 3 aromatic rings. The largest absolute Gasteiger partial charge is 0.466 e. The predicted molar refractivity (Wildman–Crippen MR) is 120 cm³/mol. The van der Waals surface area contributed by atoms with Crippen molar-refractivity contribution in [1.29, 1.82) is 0 Å². The summed E-state index contributed by atoms with van der Waals surface area (Å²) >= 11 is 0. The van der Waals surface area contributed by atoms with Crippen LogP contribution in [0.2, 0.25) is 0 Å². The number of hydrogen-bond donors (Lipinski definition) is 1. The SMILES string of the molecule is COC(=O)/C=C/c1ccc(CN(CCc2c(C)[nH]c3ccccc23)C(C)C)cc1. The lowest BCUT2D eigenvalue weighted by atomic mass is 10.1. The number of aromatic nitrogens is 1. The monoisotopic (exact) mass is 390 g/mol. The van der Waals surface area contributed by atoms with Gasteiger partial charge in [-0.25, -0.2) is 4.79 Å². The Labute approximate surface area is 173 Å². The van der Waals surface area contributed by atoms with Crippen molar-refractivity contribution in [2.45, 2.75) is 39.8 Å². The van der Waals surface area contributed by atoms with E-state index in [0.717, 1.165) is 25.1 Å². The van der Waals surface area contributed by atoms with E-state index in [-0.39, 0.29) is 5.97 Å². The van der Waals surface area contributed by atoms with Gasteiger partial charge >= 0.3 is 5.97 Å². The maximum Gasteiger partial charge on any atom is 0.330 e. The van der Waals surface area contributed by atoms with Crippen molar-refractivity contribution >= 4 is 22.9 Å². The zero-order chi connectivity index (χ0) is 20.8. The van der Waals surface area contributed by atoms with Crippen LogP contribution in [-0.2, 0) is 22.5 Å². The van der Waals surface area contributed by atoms with Gasteiger partial charge in [0.25, 0.3) is 0 Å². The first-order valence-electron chi connectivity index (χ1n) is 10.1. The van der Waals surface area contributed by atoms with Crippen LogP contribution in [0, 0.1) is 6.92 Å². The second-order valence-electron chi connectivity index (χ2n) is 7.69. The molecule has 0 aliphatic rings. The van der Waals surface area contributed by atoms with Gasteiger partial charge in [-0.2, -0.15) is 0 Å². The van der Waals surface area contributed by atoms with Crippen LogP contribution in [-0.4, -0.2) is 35.5 Å². The summed E-state index contributed by atoms with van der Waals surface area (Å²) in [6.45, 7) is 8.56. The number of hydrogen-bond acceptors (Lipinski definition) is 3. The maximum absolute atomic E-state index is 11.2. The number of methoxy groups -OCH3 is 1. The van der Waals surface area contributed by atoms with Crippen LogP contribution >= 0.6 is 0 Å². The van der Waals surface area contributed by atoms with Gasteiger partial charge in [0, 0.05) is 41.8 Å². The summed E-state index contributed by atoms with van der Waals surface area (Å²) in [5, 5.41) is 1.33. The van der Waals surface area contributed by atoms with E-state index in [0.29, 0.717) is 6.04 Å². The molecule has 3 rings (SSSR count). The van der Waals surface area contributed by atoms with Crippen molar-refractivity contribution in [3.8, 4) is 0 Å². The molecule has 4 heteroatoms. The molecule has 0 aliphatic heterocycles. The average Bonchev–Trinajstić information content (AvgIpc) is 3.05. The number of para-hydroxylation sites is 1. The number of nitrogens with one attached hydrogen (secondary N) is 1. The highest BCUT2D eigenvalue weighted by atomic mass is 16.5. The van der Waals surface area contributed by atoms with Crippen LogP contribution in [0.4, 0.5) is 0 Å². The van der Waals surface area contributed by atoms with E-state index in [4.69, 9.17) is 0 Å². The molecule has 2 aromatic carbocycles. The summed E-state index contributed by atoms with van der Waals surface area (Å²) < 4.78 is 4.63. The van der Waals surface area contributed by atoms with Gasteiger partial charge in [-0.1, -0.05) is 42.5 Å². The molecule has 4 nitrogen and oxygen atoms in total. The van der Waals surface area contributed by atoms with Crippen LogP contribution in [0.1, 0.15) is 36.2 Å². The summed E-state index contributed by atoms with van der Waals surface area (Å²) in [4.78, 5) is 17.2. The van der Waals surface area contributed by atoms with Crippen molar-refractivity contribution in [3.05, 3.63) is 77.0 Å². The molecule has 0 atom stereocenters. The van der Waals surface area contributed by atoms with E-state index in [2.05, 4.69) is 71.8 Å². The highest BCUT2D eigenvalue weighted by molar-refractivity contribution is 5.87. The van der Waals surface area contributed by atoms with Crippen molar-refractivity contribution in [2.75, 3.05) is 13.7 Å². The third-order valence-electron chi connectivity index (χ3n) is 5.38. The second kappa shape index (κ2) is 9.57. The number of fused-ring (bicyclic) bond motifs is 1. The number of ether oxygens (including phenoxy) is 1. The van der Waals surface area contributed by atoms with Crippen molar-refractivity contribution in [3.63, 3.8) is 0 Å². The fourth-order valence-electron chi connectivity index (χ4n) is 3.63. The van der Waals surface area contributed by atoms with Crippen LogP contribution in [0.3, 0.4) is 0 Å². The first kappa shape index (κ1) is 20.9. The molecule has 0 bridgehead atoms. The van der Waals surface area contributed by atoms with E-state index >= 15 is 0 Å². The molecule has 0 unspecified atom stereocenters. The van der Waals surface area contributed by atoms with Crippen LogP contribution in [0.5, 0.6) is 0 Å². The zero-order valence-electron chi connectivity index (χ0n) is 17.7. The number of carbonyl (C=O) groups excluding carboxylic acids is 1. The van der Waals surface area contributed by atoms with Crippen molar-refractivity contribution in [2.24, 2.45) is 0 Å². The Kier molecular flexibility index (Phi) is 6.89. The number of nitrogens with zero attached hydrogens (tertiary/aromatic N) is 1. The Hall–Kier alpha value is -2.85. The first-order chi connectivity index (χ1) is 14.0. The van der Waals surface area contributed by atoms with E-state index in [1.54, 1.807) is 6.08 Å². The van der Waals surface area contributed by atoms with Gasteiger partial charge in [0.2, 0.25) is 0 Å². The Bertz CT molecular complexity index is 984. The van der Waals surface area contributed by atoms with E-state index < -0.39 is 0 Å². The number of rotatable bonds is 8. The summed E-state index contributed by atoms with van der Waals surface area (Å²) in [6.07, 6.45) is 4.24. The van der Waals surface area contributed by atoms with Crippen molar-refractivity contribution < 1.29 is 9.53 Å². The molecule has 152 valence electrons. The number of aryl methyl sites for hydroxylation is 1. The number of H-pyrrole nitrogens is 1. The first-order valence-corrected chi connectivity index (χ1v) is 10.1. The molecule has 1 N–H and O–H groups in total. The van der Waals surface area contributed by atoms with Gasteiger partial charge in [0.1, 0.15) is 0 Å². The van der Waals surface area contributed by atoms with E-state index in [1.807, 2.05) is 12.1 Å². The molecule has 0 saturated carbocycles. The van der Waals surface area contributed by atoms with Crippen molar-refractivity contribution in [1.82, 2.24) is 9.88 Å². The van der Waals surface area contributed by atoms with Gasteiger partial charge in [-0.15, -0.1) is 0 Å². The third-order valence-corrected chi connectivity index (χ3v) is 5.38. The molecular weight excluding hydrogens is 360 g/mol. The Morgan fingerprint density at radius 3 is 2.55 bits per heavy atom. The minimum atomic E-state index is -0.340. The molecule has 0 amide bonds. The number of esters is 1. The van der Waals surface area contributed by atoms with Crippen LogP contribution in [0.15, 0.2) is 54.6 Å². The van der Waals surface area contributed by atoms with E-state index in [9.17, 15) is 4.79 Å². The summed E-state index contributed by atoms with van der Waals surface area (Å²) in [7, 11) is 1.38. The molecular formula is C25H30N2O2. The van der Waals surface area contributed by atoms with Gasteiger partial charge in [0.05, 0.1) is 7.11 Å². The predicted octanol–water partition coefficient (Wildman–Crippen LogP) is 5.12. The van der Waals surface area contributed by atoms with Gasteiger partial charge in [0.15, 0.2) is 0 Å². The molecule has 1 heterocycles. The topological polar surface area (TPSA) is 45.3 Å².